The van der Waals surface area contributed by atoms with Crippen molar-refractivity contribution in [2.24, 2.45) is 0 Å². The summed E-state index contributed by atoms with van der Waals surface area (Å²) in [5.41, 5.74) is 1.19. The van der Waals surface area contributed by atoms with Gasteiger partial charge in [-0.2, -0.15) is 0 Å². The maximum Gasteiger partial charge on any atom is 0.255 e. The van der Waals surface area contributed by atoms with Crippen LogP contribution in [0.25, 0.3) is 0 Å². The first kappa shape index (κ1) is 17.0. The molecule has 0 bridgehead atoms. The molecule has 0 spiro atoms. The fraction of sp³-hybridized carbons (Fsp3) is 0.235. The SMILES string of the molecule is COc1cc(C(=O)Nc2ccccc2SC)cc(OC)c1OC. The molecule has 0 saturated heterocycles. The number of amides is 1. The number of methoxy groups -OCH3 is 3. The van der Waals surface area contributed by atoms with E-state index in [9.17, 15) is 4.79 Å². The molecule has 1 N–H and O–H groups in total. The highest BCUT2D eigenvalue weighted by atomic mass is 32.2. The summed E-state index contributed by atoms with van der Waals surface area (Å²) < 4.78 is 15.8. The van der Waals surface area contributed by atoms with Gasteiger partial charge in [0.1, 0.15) is 0 Å². The zero-order chi connectivity index (χ0) is 16.8. The number of nitrogens with one attached hydrogen (secondary N) is 1. The fourth-order valence-corrected chi connectivity index (χ4v) is 2.71. The summed E-state index contributed by atoms with van der Waals surface area (Å²) in [5, 5.41) is 2.91. The van der Waals surface area contributed by atoms with Crippen molar-refractivity contribution in [3.8, 4) is 17.2 Å². The highest BCUT2D eigenvalue weighted by Crippen LogP contribution is 2.38. The number of rotatable bonds is 6. The molecule has 6 heteroatoms. The maximum absolute atomic E-state index is 12.5. The van der Waals surface area contributed by atoms with Crippen molar-refractivity contribution in [2.45, 2.75) is 4.90 Å². The van der Waals surface area contributed by atoms with Gasteiger partial charge in [0.05, 0.1) is 27.0 Å². The Hall–Kier alpha value is -2.34. The van der Waals surface area contributed by atoms with Crippen LogP contribution in [0.15, 0.2) is 41.3 Å². The van der Waals surface area contributed by atoms with E-state index in [1.54, 1.807) is 23.9 Å². The van der Waals surface area contributed by atoms with Gasteiger partial charge in [0, 0.05) is 10.5 Å². The largest absolute Gasteiger partial charge is 0.493 e. The lowest BCUT2D eigenvalue weighted by atomic mass is 10.1. The van der Waals surface area contributed by atoms with Gasteiger partial charge in [-0.25, -0.2) is 0 Å². The molecule has 0 unspecified atom stereocenters. The molecule has 0 fully saturated rings. The van der Waals surface area contributed by atoms with Gasteiger partial charge >= 0.3 is 0 Å². The van der Waals surface area contributed by atoms with Gasteiger partial charge in [-0.1, -0.05) is 12.1 Å². The average molecular weight is 333 g/mol. The highest BCUT2D eigenvalue weighted by Gasteiger charge is 2.17. The standard InChI is InChI=1S/C17H19NO4S/c1-20-13-9-11(10-14(21-2)16(13)22-3)17(19)18-12-7-5-6-8-15(12)23-4/h5-10H,1-4H3,(H,18,19). The molecule has 2 rings (SSSR count). The molecular formula is C17H19NO4S. The molecule has 5 nitrogen and oxygen atoms in total. The van der Waals surface area contributed by atoms with Gasteiger partial charge in [0.2, 0.25) is 5.75 Å². The van der Waals surface area contributed by atoms with Crippen LogP contribution in [0.4, 0.5) is 5.69 Å². The third-order valence-corrected chi connectivity index (χ3v) is 4.08. The Bertz CT molecular complexity index is 678. The van der Waals surface area contributed by atoms with E-state index in [2.05, 4.69) is 5.32 Å². The number of carbonyl (C=O) groups excluding carboxylic acids is 1. The van der Waals surface area contributed by atoms with Gasteiger partial charge in [0.15, 0.2) is 11.5 Å². The zero-order valence-electron chi connectivity index (χ0n) is 13.5. The van der Waals surface area contributed by atoms with Gasteiger partial charge in [0.25, 0.3) is 5.91 Å². The van der Waals surface area contributed by atoms with Crippen molar-refractivity contribution < 1.29 is 19.0 Å². The molecule has 122 valence electrons. The van der Waals surface area contributed by atoms with Crippen molar-refractivity contribution >= 4 is 23.4 Å². The Morgan fingerprint density at radius 2 is 1.61 bits per heavy atom. The minimum Gasteiger partial charge on any atom is -0.493 e. The molecular weight excluding hydrogens is 314 g/mol. The average Bonchev–Trinajstić information content (AvgIpc) is 2.60. The molecule has 0 aliphatic heterocycles. The van der Waals surface area contributed by atoms with Crippen LogP contribution in [0.5, 0.6) is 17.2 Å². The number of benzene rings is 2. The summed E-state index contributed by atoms with van der Waals surface area (Å²) >= 11 is 1.57. The normalized spacial score (nSPS) is 10.1. The number of hydrogen-bond donors (Lipinski definition) is 1. The number of thioether (sulfide) groups is 1. The molecule has 0 saturated carbocycles. The molecule has 0 radical (unpaired) electrons. The van der Waals surface area contributed by atoms with Crippen LogP contribution < -0.4 is 19.5 Å². The first-order valence-electron chi connectivity index (χ1n) is 6.89. The van der Waals surface area contributed by atoms with Crippen LogP contribution in [0.2, 0.25) is 0 Å². The Morgan fingerprint density at radius 1 is 1.00 bits per heavy atom. The van der Waals surface area contributed by atoms with Crippen LogP contribution >= 0.6 is 11.8 Å². The number of anilines is 1. The lowest BCUT2D eigenvalue weighted by molar-refractivity contribution is 0.102. The van der Waals surface area contributed by atoms with Crippen molar-refractivity contribution in [2.75, 3.05) is 32.9 Å². The van der Waals surface area contributed by atoms with E-state index < -0.39 is 0 Å². The van der Waals surface area contributed by atoms with E-state index >= 15 is 0 Å². The summed E-state index contributed by atoms with van der Waals surface area (Å²) in [6.45, 7) is 0. The third kappa shape index (κ3) is 3.71. The molecule has 1 amide bonds. The number of ether oxygens (including phenoxy) is 3. The van der Waals surface area contributed by atoms with Crippen LogP contribution in [-0.2, 0) is 0 Å². The van der Waals surface area contributed by atoms with Crippen molar-refractivity contribution in [1.82, 2.24) is 0 Å². The lowest BCUT2D eigenvalue weighted by Crippen LogP contribution is -2.13. The van der Waals surface area contributed by atoms with Crippen LogP contribution in [0.3, 0.4) is 0 Å². The Balaban J connectivity index is 2.36. The number of carbonyl (C=O) groups is 1. The summed E-state index contributed by atoms with van der Waals surface area (Å²) in [5.74, 6) is 1.09. The van der Waals surface area contributed by atoms with E-state index in [0.717, 1.165) is 10.6 Å². The highest BCUT2D eigenvalue weighted by molar-refractivity contribution is 7.98. The van der Waals surface area contributed by atoms with Crippen LogP contribution in [-0.4, -0.2) is 33.5 Å². The minimum atomic E-state index is -0.245. The van der Waals surface area contributed by atoms with Crippen LogP contribution in [0.1, 0.15) is 10.4 Å². The Labute approximate surface area is 139 Å². The first-order valence-corrected chi connectivity index (χ1v) is 8.11. The topological polar surface area (TPSA) is 56.8 Å². The van der Waals surface area contributed by atoms with Gasteiger partial charge in [-0.15, -0.1) is 11.8 Å². The predicted octanol–water partition coefficient (Wildman–Crippen LogP) is 3.69. The second-order valence-electron chi connectivity index (χ2n) is 4.57. The summed E-state index contributed by atoms with van der Waals surface area (Å²) in [4.78, 5) is 13.5. The Morgan fingerprint density at radius 3 is 2.13 bits per heavy atom. The summed E-state index contributed by atoms with van der Waals surface area (Å²) in [6.07, 6.45) is 1.96. The van der Waals surface area contributed by atoms with Crippen molar-refractivity contribution in [1.29, 1.82) is 0 Å². The summed E-state index contributed by atoms with van der Waals surface area (Å²) in [6, 6.07) is 10.9. The monoisotopic (exact) mass is 333 g/mol. The summed E-state index contributed by atoms with van der Waals surface area (Å²) in [7, 11) is 4.55. The van der Waals surface area contributed by atoms with Gasteiger partial charge < -0.3 is 19.5 Å². The first-order chi connectivity index (χ1) is 11.1. The third-order valence-electron chi connectivity index (χ3n) is 3.28. The molecule has 0 aliphatic rings. The maximum atomic E-state index is 12.5. The van der Waals surface area contributed by atoms with E-state index in [-0.39, 0.29) is 5.91 Å². The molecule has 0 aromatic heterocycles. The Kier molecular flexibility index (Phi) is 5.76. The van der Waals surface area contributed by atoms with Crippen LogP contribution in [0, 0.1) is 0 Å². The smallest absolute Gasteiger partial charge is 0.255 e. The van der Waals surface area contributed by atoms with E-state index in [0.29, 0.717) is 22.8 Å². The minimum absolute atomic E-state index is 0.245. The molecule has 0 heterocycles. The van der Waals surface area contributed by atoms with Gasteiger partial charge in [-0.05, 0) is 30.5 Å². The van der Waals surface area contributed by atoms with E-state index in [4.69, 9.17) is 14.2 Å². The van der Waals surface area contributed by atoms with E-state index in [1.807, 2.05) is 30.5 Å². The molecule has 2 aromatic carbocycles. The number of hydrogen-bond acceptors (Lipinski definition) is 5. The quantitative estimate of drug-likeness (QED) is 0.817. The fourth-order valence-electron chi connectivity index (χ4n) is 2.15. The van der Waals surface area contributed by atoms with Crippen molar-refractivity contribution in [3.63, 3.8) is 0 Å². The molecule has 2 aromatic rings. The molecule has 23 heavy (non-hydrogen) atoms. The lowest BCUT2D eigenvalue weighted by Gasteiger charge is -2.14. The second kappa shape index (κ2) is 7.78. The van der Waals surface area contributed by atoms with E-state index in [1.165, 1.54) is 21.3 Å². The number of para-hydroxylation sites is 1. The molecule has 0 atom stereocenters. The van der Waals surface area contributed by atoms with Crippen molar-refractivity contribution in [3.05, 3.63) is 42.0 Å². The van der Waals surface area contributed by atoms with Gasteiger partial charge in [-0.3, -0.25) is 4.79 Å². The molecule has 0 aliphatic carbocycles. The zero-order valence-corrected chi connectivity index (χ0v) is 14.3. The predicted molar refractivity (Wildman–Crippen MR) is 92.3 cm³/mol. The second-order valence-corrected chi connectivity index (χ2v) is 5.42.